The maximum Gasteiger partial charge on any atom is 0.253 e. The van der Waals surface area contributed by atoms with Gasteiger partial charge < -0.3 is 4.90 Å². The maximum atomic E-state index is 13.1. The van der Waals surface area contributed by atoms with Crippen LogP contribution in [0.15, 0.2) is 24.3 Å². The van der Waals surface area contributed by atoms with Crippen molar-refractivity contribution >= 4 is 5.91 Å². The molecule has 0 aliphatic carbocycles. The molecule has 4 heterocycles. The molecule has 2 bridgehead atoms. The molecule has 1 amide bonds. The minimum atomic E-state index is 0.231. The number of amides is 1. The summed E-state index contributed by atoms with van der Waals surface area (Å²) < 4.78 is 0. The summed E-state index contributed by atoms with van der Waals surface area (Å²) >= 11 is 0. The van der Waals surface area contributed by atoms with Crippen molar-refractivity contribution < 1.29 is 4.79 Å². The van der Waals surface area contributed by atoms with E-state index in [2.05, 4.69) is 45.9 Å². The van der Waals surface area contributed by atoms with Crippen LogP contribution < -0.4 is 0 Å². The van der Waals surface area contributed by atoms with Gasteiger partial charge in [-0.25, -0.2) is 0 Å². The summed E-state index contributed by atoms with van der Waals surface area (Å²) in [5.74, 6) is 0.882. The van der Waals surface area contributed by atoms with Crippen LogP contribution in [-0.2, 0) is 6.54 Å². The summed E-state index contributed by atoms with van der Waals surface area (Å²) in [5, 5.41) is 0. The molecule has 4 nitrogen and oxygen atoms in total. The van der Waals surface area contributed by atoms with E-state index in [0.29, 0.717) is 12.0 Å². The summed E-state index contributed by atoms with van der Waals surface area (Å²) in [6, 6.07) is 9.00. The van der Waals surface area contributed by atoms with Gasteiger partial charge in [0.15, 0.2) is 0 Å². The second-order valence-electron chi connectivity index (χ2n) is 8.84. The molecule has 0 aromatic heterocycles. The van der Waals surface area contributed by atoms with E-state index in [1.54, 1.807) is 0 Å². The largest absolute Gasteiger partial charge is 0.337 e. The Morgan fingerprint density at radius 1 is 1.00 bits per heavy atom. The second-order valence-corrected chi connectivity index (χ2v) is 8.84. The lowest BCUT2D eigenvalue weighted by Crippen LogP contribution is -2.44. The van der Waals surface area contributed by atoms with Crippen LogP contribution in [0.25, 0.3) is 0 Å². The molecule has 2 atom stereocenters. The predicted molar refractivity (Wildman–Crippen MR) is 110 cm³/mol. The molecule has 4 aliphatic rings. The van der Waals surface area contributed by atoms with Crippen LogP contribution in [-0.4, -0.2) is 65.9 Å². The zero-order valence-corrected chi connectivity index (χ0v) is 16.9. The molecule has 0 N–H and O–H groups in total. The van der Waals surface area contributed by atoms with Crippen LogP contribution in [0.1, 0.15) is 61.4 Å². The average molecular weight is 370 g/mol. The van der Waals surface area contributed by atoms with Gasteiger partial charge in [0, 0.05) is 37.8 Å². The topological polar surface area (TPSA) is 26.8 Å². The number of benzene rings is 1. The highest BCUT2D eigenvalue weighted by molar-refractivity contribution is 5.94. The first-order valence-electron chi connectivity index (χ1n) is 11.1. The van der Waals surface area contributed by atoms with E-state index in [4.69, 9.17) is 0 Å². The molecule has 1 aromatic carbocycles. The fraction of sp³-hybridized carbons (Fsp3) is 0.696. The average Bonchev–Trinajstić information content (AvgIpc) is 3.01. The summed E-state index contributed by atoms with van der Waals surface area (Å²) in [6.07, 6.45) is 7.76. The van der Waals surface area contributed by atoms with E-state index in [1.165, 1.54) is 70.3 Å². The van der Waals surface area contributed by atoms with E-state index >= 15 is 0 Å². The molecule has 4 saturated heterocycles. The van der Waals surface area contributed by atoms with E-state index in [9.17, 15) is 4.79 Å². The normalized spacial score (nSPS) is 26.9. The molecule has 0 spiro atoms. The summed E-state index contributed by atoms with van der Waals surface area (Å²) in [6.45, 7) is 9.90. The van der Waals surface area contributed by atoms with Gasteiger partial charge in [-0.1, -0.05) is 25.5 Å². The van der Waals surface area contributed by atoms with E-state index in [1.807, 2.05) is 0 Å². The van der Waals surface area contributed by atoms with Crippen molar-refractivity contribution in [1.82, 2.24) is 14.7 Å². The van der Waals surface area contributed by atoms with Crippen LogP contribution in [0.3, 0.4) is 0 Å². The monoisotopic (exact) mass is 369 g/mol. The van der Waals surface area contributed by atoms with Gasteiger partial charge in [-0.05, 0) is 75.4 Å². The molecular weight excluding hydrogens is 334 g/mol. The first-order valence-corrected chi connectivity index (χ1v) is 11.1. The van der Waals surface area contributed by atoms with Gasteiger partial charge in [-0.2, -0.15) is 0 Å². The van der Waals surface area contributed by atoms with Gasteiger partial charge in [0.05, 0.1) is 0 Å². The Morgan fingerprint density at radius 3 is 2.52 bits per heavy atom. The van der Waals surface area contributed by atoms with E-state index in [0.717, 1.165) is 25.2 Å². The van der Waals surface area contributed by atoms with Crippen molar-refractivity contribution in [3.63, 3.8) is 0 Å². The van der Waals surface area contributed by atoms with Gasteiger partial charge in [-0.15, -0.1) is 0 Å². The van der Waals surface area contributed by atoms with Crippen molar-refractivity contribution in [3.8, 4) is 0 Å². The smallest absolute Gasteiger partial charge is 0.253 e. The fourth-order valence-electron chi connectivity index (χ4n) is 5.22. The summed E-state index contributed by atoms with van der Waals surface area (Å²) in [5.41, 5.74) is 2.19. The third-order valence-electron chi connectivity index (χ3n) is 6.68. The zero-order chi connectivity index (χ0) is 18.6. The fourth-order valence-corrected chi connectivity index (χ4v) is 5.22. The standard InChI is InChI=1S/C23H35N3O/c1-2-12-25-16-20-8-11-22(25)18-26(17-20)23(27)21-9-6-19(7-10-21)15-24-13-4-3-5-14-24/h6-7,9-10,20,22H,2-5,8,11-18H2,1H3/t20-,22-/m1/s1. The van der Waals surface area contributed by atoms with Crippen LogP contribution in [0.2, 0.25) is 0 Å². The van der Waals surface area contributed by atoms with Gasteiger partial charge in [0.1, 0.15) is 0 Å². The number of carbonyl (C=O) groups excluding carboxylic acids is 1. The second kappa shape index (κ2) is 8.74. The molecule has 0 radical (unpaired) electrons. The molecule has 148 valence electrons. The Balaban J connectivity index is 1.39. The lowest BCUT2D eigenvalue weighted by Gasteiger charge is -2.35. The van der Waals surface area contributed by atoms with Gasteiger partial charge in [0.2, 0.25) is 0 Å². The van der Waals surface area contributed by atoms with Gasteiger partial charge in [0.25, 0.3) is 5.91 Å². The van der Waals surface area contributed by atoms with Crippen LogP contribution in [0.5, 0.6) is 0 Å². The molecule has 4 aliphatic heterocycles. The third kappa shape index (κ3) is 4.55. The minimum Gasteiger partial charge on any atom is -0.337 e. The number of nitrogens with zero attached hydrogens (tertiary/aromatic N) is 3. The first-order chi connectivity index (χ1) is 13.2. The number of fused-ring (bicyclic) bond motifs is 4. The molecule has 5 rings (SSSR count). The molecule has 4 heteroatoms. The molecular formula is C23H35N3O. The van der Waals surface area contributed by atoms with Crippen LogP contribution in [0, 0.1) is 5.92 Å². The van der Waals surface area contributed by atoms with Crippen molar-refractivity contribution in [2.45, 2.75) is 58.0 Å². The van der Waals surface area contributed by atoms with Crippen molar-refractivity contribution in [2.24, 2.45) is 5.92 Å². The van der Waals surface area contributed by atoms with Gasteiger partial charge in [-0.3, -0.25) is 14.6 Å². The molecule has 27 heavy (non-hydrogen) atoms. The zero-order valence-electron chi connectivity index (χ0n) is 16.9. The summed E-state index contributed by atoms with van der Waals surface area (Å²) in [7, 11) is 0. The molecule has 1 aromatic rings. The molecule has 0 unspecified atom stereocenters. The number of piperidine rings is 2. The summed E-state index contributed by atoms with van der Waals surface area (Å²) in [4.78, 5) is 20.4. The van der Waals surface area contributed by atoms with E-state index < -0.39 is 0 Å². The third-order valence-corrected chi connectivity index (χ3v) is 6.68. The Kier molecular flexibility index (Phi) is 6.14. The quantitative estimate of drug-likeness (QED) is 0.793. The predicted octanol–water partition coefficient (Wildman–Crippen LogP) is 3.62. The van der Waals surface area contributed by atoms with Crippen LogP contribution in [0.4, 0.5) is 0 Å². The first kappa shape index (κ1) is 18.9. The van der Waals surface area contributed by atoms with Gasteiger partial charge >= 0.3 is 0 Å². The Hall–Kier alpha value is -1.39. The van der Waals surface area contributed by atoms with Crippen molar-refractivity contribution in [3.05, 3.63) is 35.4 Å². The molecule has 4 fully saturated rings. The van der Waals surface area contributed by atoms with E-state index in [-0.39, 0.29) is 5.91 Å². The Labute approximate surface area is 164 Å². The minimum absolute atomic E-state index is 0.231. The number of likely N-dealkylation sites (tertiary alicyclic amines) is 1. The highest BCUT2D eigenvalue weighted by Gasteiger charge is 2.36. The highest BCUT2D eigenvalue weighted by atomic mass is 16.2. The van der Waals surface area contributed by atoms with Crippen LogP contribution >= 0.6 is 0 Å². The SMILES string of the molecule is CCCN1C[C@H]2CC[C@@H]1CN(C(=O)c1ccc(CN3CCCCC3)cc1)C2. The highest BCUT2D eigenvalue weighted by Crippen LogP contribution is 2.29. The Morgan fingerprint density at radius 2 is 1.78 bits per heavy atom. The number of carbonyl (C=O) groups is 1. The number of rotatable bonds is 5. The maximum absolute atomic E-state index is 13.1. The lowest BCUT2D eigenvalue weighted by atomic mass is 9.95. The lowest BCUT2D eigenvalue weighted by molar-refractivity contribution is 0.0738. The van der Waals surface area contributed by atoms with Crippen molar-refractivity contribution in [1.29, 1.82) is 0 Å². The Bertz CT molecular complexity index is 623. The van der Waals surface area contributed by atoms with Crippen molar-refractivity contribution in [2.75, 3.05) is 39.3 Å². The number of hydrogen-bond acceptors (Lipinski definition) is 3. The molecule has 0 saturated carbocycles. The number of hydrogen-bond donors (Lipinski definition) is 0.